The maximum Gasteiger partial charge on any atom is 0.137 e. The van der Waals surface area contributed by atoms with Gasteiger partial charge in [-0.1, -0.05) is 6.42 Å². The molecule has 3 fully saturated rings. The van der Waals surface area contributed by atoms with Gasteiger partial charge in [0.15, 0.2) is 0 Å². The van der Waals surface area contributed by atoms with E-state index in [1.165, 1.54) is 32.1 Å². The zero-order valence-electron chi connectivity index (χ0n) is 9.45. The summed E-state index contributed by atoms with van der Waals surface area (Å²) >= 11 is 0. The molecule has 0 N–H and O–H groups in total. The molecule has 3 rings (SSSR count). The van der Waals surface area contributed by atoms with Crippen LogP contribution < -0.4 is 0 Å². The minimum Gasteiger partial charge on any atom is -0.299 e. The van der Waals surface area contributed by atoms with E-state index in [4.69, 9.17) is 0 Å². The van der Waals surface area contributed by atoms with E-state index in [-0.39, 0.29) is 0 Å². The Hall–Kier alpha value is -0.370. The molecule has 1 unspecified atom stereocenters. The lowest BCUT2D eigenvalue weighted by molar-refractivity contribution is -0.125. The Labute approximate surface area is 92.0 Å². The summed E-state index contributed by atoms with van der Waals surface area (Å²) in [5.41, 5.74) is 0. The molecule has 0 amide bonds. The van der Waals surface area contributed by atoms with Crippen molar-refractivity contribution in [3.63, 3.8) is 0 Å². The van der Waals surface area contributed by atoms with Crippen molar-refractivity contribution in [2.45, 2.75) is 63.5 Å². The first-order chi connectivity index (χ1) is 7.34. The molecule has 1 aliphatic carbocycles. The topological polar surface area (TPSA) is 20.3 Å². The van der Waals surface area contributed by atoms with Crippen molar-refractivity contribution in [2.24, 2.45) is 5.92 Å². The van der Waals surface area contributed by atoms with Gasteiger partial charge < -0.3 is 0 Å². The minimum absolute atomic E-state index is 0.389. The van der Waals surface area contributed by atoms with Crippen LogP contribution in [0.1, 0.15) is 51.4 Å². The fourth-order valence-corrected chi connectivity index (χ4v) is 3.82. The van der Waals surface area contributed by atoms with Gasteiger partial charge in [0.1, 0.15) is 5.78 Å². The van der Waals surface area contributed by atoms with Crippen molar-refractivity contribution in [3.8, 4) is 0 Å². The van der Waals surface area contributed by atoms with Crippen molar-refractivity contribution in [1.29, 1.82) is 0 Å². The van der Waals surface area contributed by atoms with Gasteiger partial charge in [0.05, 0.1) is 0 Å². The molecule has 2 heterocycles. The molecule has 2 nitrogen and oxygen atoms in total. The Kier molecular flexibility index (Phi) is 2.55. The highest BCUT2D eigenvalue weighted by molar-refractivity contribution is 5.81. The molecule has 2 heteroatoms. The Balaban J connectivity index is 1.62. The predicted octanol–water partition coefficient (Wildman–Crippen LogP) is 2.37. The van der Waals surface area contributed by atoms with E-state index >= 15 is 0 Å². The van der Waals surface area contributed by atoms with Crippen molar-refractivity contribution in [1.82, 2.24) is 4.90 Å². The molecule has 2 bridgehead atoms. The molecule has 1 atom stereocenters. The largest absolute Gasteiger partial charge is 0.299 e. The highest BCUT2D eigenvalue weighted by Crippen LogP contribution is 2.38. The highest BCUT2D eigenvalue weighted by Gasteiger charge is 2.40. The normalized spacial score (nSPS) is 41.3. The summed E-state index contributed by atoms with van der Waals surface area (Å²) < 4.78 is 0. The van der Waals surface area contributed by atoms with Crippen molar-refractivity contribution >= 4 is 5.78 Å². The molecular formula is C13H21NO. The zero-order chi connectivity index (χ0) is 10.3. The minimum atomic E-state index is 0.389. The summed E-state index contributed by atoms with van der Waals surface area (Å²) in [6.45, 7) is 1.09. The number of Topliss-reactive ketones (excluding diaryl/α,β-unsaturated/α-hetero) is 1. The number of hydrogen-bond acceptors (Lipinski definition) is 2. The fourth-order valence-electron chi connectivity index (χ4n) is 3.82. The summed E-state index contributed by atoms with van der Waals surface area (Å²) in [4.78, 5) is 14.4. The first-order valence-corrected chi connectivity index (χ1v) is 6.63. The Morgan fingerprint density at radius 1 is 1.00 bits per heavy atom. The van der Waals surface area contributed by atoms with Gasteiger partial charge in [-0.15, -0.1) is 0 Å². The Morgan fingerprint density at radius 3 is 2.27 bits per heavy atom. The highest BCUT2D eigenvalue weighted by atomic mass is 16.1. The van der Waals surface area contributed by atoms with E-state index in [0.717, 1.165) is 37.9 Å². The monoisotopic (exact) mass is 207 g/mol. The van der Waals surface area contributed by atoms with E-state index in [2.05, 4.69) is 4.90 Å². The van der Waals surface area contributed by atoms with Crippen LogP contribution in [0.5, 0.6) is 0 Å². The van der Waals surface area contributed by atoms with Gasteiger partial charge in [-0.3, -0.25) is 9.69 Å². The standard InChI is InChI=1S/C13H21NO/c15-13-4-2-1-3-10(13)9-14-11-5-6-12(14)8-7-11/h10-12H,1-9H2. The van der Waals surface area contributed by atoms with Gasteiger partial charge in [-0.25, -0.2) is 0 Å². The molecule has 1 saturated carbocycles. The van der Waals surface area contributed by atoms with Gasteiger partial charge in [0.2, 0.25) is 0 Å². The van der Waals surface area contributed by atoms with Crippen molar-refractivity contribution < 1.29 is 4.79 Å². The molecule has 0 aromatic rings. The molecule has 0 spiro atoms. The van der Waals surface area contributed by atoms with Crippen molar-refractivity contribution in [3.05, 3.63) is 0 Å². The lowest BCUT2D eigenvalue weighted by Gasteiger charge is -2.28. The lowest BCUT2D eigenvalue weighted by atomic mass is 9.87. The molecule has 0 aromatic carbocycles. The third-order valence-electron chi connectivity index (χ3n) is 4.72. The van der Waals surface area contributed by atoms with E-state index < -0.39 is 0 Å². The molecule has 0 radical (unpaired) electrons. The predicted molar refractivity (Wildman–Crippen MR) is 59.7 cm³/mol. The average Bonchev–Trinajstić information content (AvgIpc) is 2.81. The first-order valence-electron chi connectivity index (χ1n) is 6.63. The number of rotatable bonds is 2. The summed E-state index contributed by atoms with van der Waals surface area (Å²) in [6.07, 6.45) is 10.0. The van der Waals surface area contributed by atoms with Crippen LogP contribution in [0.2, 0.25) is 0 Å². The summed E-state index contributed by atoms with van der Waals surface area (Å²) in [5.74, 6) is 0.938. The van der Waals surface area contributed by atoms with Crippen LogP contribution in [0.4, 0.5) is 0 Å². The van der Waals surface area contributed by atoms with E-state index in [1.807, 2.05) is 0 Å². The van der Waals surface area contributed by atoms with Crippen LogP contribution in [0, 0.1) is 5.92 Å². The third-order valence-corrected chi connectivity index (χ3v) is 4.72. The smallest absolute Gasteiger partial charge is 0.137 e. The van der Waals surface area contributed by atoms with Crippen LogP contribution in [0.15, 0.2) is 0 Å². The van der Waals surface area contributed by atoms with Gasteiger partial charge in [0, 0.05) is 31.0 Å². The summed E-state index contributed by atoms with van der Waals surface area (Å²) in [6, 6.07) is 1.68. The van der Waals surface area contributed by atoms with Crippen LogP contribution in [0.25, 0.3) is 0 Å². The lowest BCUT2D eigenvalue weighted by Crippen LogP contribution is -2.37. The van der Waals surface area contributed by atoms with Gasteiger partial charge in [0.25, 0.3) is 0 Å². The van der Waals surface area contributed by atoms with Crippen molar-refractivity contribution in [2.75, 3.05) is 6.54 Å². The first kappa shape index (κ1) is 9.83. The molecule has 0 aromatic heterocycles. The Morgan fingerprint density at radius 2 is 1.67 bits per heavy atom. The number of hydrogen-bond donors (Lipinski definition) is 0. The van der Waals surface area contributed by atoms with Crippen LogP contribution in [-0.2, 0) is 4.79 Å². The maximum absolute atomic E-state index is 11.8. The van der Waals surface area contributed by atoms with Crippen LogP contribution >= 0.6 is 0 Å². The second kappa shape index (κ2) is 3.89. The van der Waals surface area contributed by atoms with E-state index in [9.17, 15) is 4.79 Å². The maximum atomic E-state index is 11.8. The second-order valence-corrected chi connectivity index (χ2v) is 5.57. The summed E-state index contributed by atoms with van der Waals surface area (Å²) in [5, 5.41) is 0. The number of carbonyl (C=O) groups excluding carboxylic acids is 1. The van der Waals surface area contributed by atoms with Gasteiger partial charge in [-0.05, 0) is 38.5 Å². The molecule has 2 aliphatic heterocycles. The molecule has 15 heavy (non-hydrogen) atoms. The zero-order valence-corrected chi connectivity index (χ0v) is 9.45. The number of fused-ring (bicyclic) bond motifs is 2. The number of ketones is 1. The number of carbonyl (C=O) groups is 1. The van der Waals surface area contributed by atoms with E-state index in [0.29, 0.717) is 11.7 Å². The van der Waals surface area contributed by atoms with E-state index in [1.54, 1.807) is 0 Å². The SMILES string of the molecule is O=C1CCCCC1CN1C2CCC1CC2. The Bertz CT molecular complexity index is 243. The quantitative estimate of drug-likeness (QED) is 0.693. The van der Waals surface area contributed by atoms with Gasteiger partial charge in [-0.2, -0.15) is 0 Å². The average molecular weight is 207 g/mol. The van der Waals surface area contributed by atoms with Gasteiger partial charge >= 0.3 is 0 Å². The fraction of sp³-hybridized carbons (Fsp3) is 0.923. The molecule has 3 aliphatic rings. The summed E-state index contributed by atoms with van der Waals surface area (Å²) in [7, 11) is 0. The van der Waals surface area contributed by atoms with Crippen LogP contribution in [0.3, 0.4) is 0 Å². The molecular weight excluding hydrogens is 186 g/mol. The second-order valence-electron chi connectivity index (χ2n) is 5.57. The molecule has 2 saturated heterocycles. The number of nitrogens with zero attached hydrogens (tertiary/aromatic N) is 1. The van der Waals surface area contributed by atoms with Crippen LogP contribution in [-0.4, -0.2) is 29.3 Å². The third kappa shape index (κ3) is 1.73. The molecule has 84 valence electrons.